The number of carbonyl (C=O) groups excluding carboxylic acids is 1. The Labute approximate surface area is 74.8 Å². The molecule has 1 heterocycles. The van der Waals surface area contributed by atoms with Crippen LogP contribution in [0, 0.1) is 0 Å². The van der Waals surface area contributed by atoms with Gasteiger partial charge in [0.1, 0.15) is 0 Å². The van der Waals surface area contributed by atoms with Crippen LogP contribution < -0.4 is 10.8 Å². The van der Waals surface area contributed by atoms with Crippen molar-refractivity contribution in [2.75, 3.05) is 0 Å². The minimum atomic E-state index is -1.02. The van der Waals surface area contributed by atoms with E-state index < -0.39 is 5.97 Å². The molecule has 0 radical (unpaired) electrons. The van der Waals surface area contributed by atoms with Gasteiger partial charge in [0.25, 0.3) is 0 Å². The van der Waals surface area contributed by atoms with E-state index in [4.69, 9.17) is 0 Å². The summed E-state index contributed by atoms with van der Waals surface area (Å²) in [4.78, 5) is 11.4. The molecule has 0 aromatic carbocycles. The SMILES string of the molecule is [NH3+][C@H](CC(=O)[O-])Cc1cccs1. The van der Waals surface area contributed by atoms with E-state index in [0.29, 0.717) is 0 Å². The van der Waals surface area contributed by atoms with E-state index in [1.807, 2.05) is 17.5 Å². The van der Waals surface area contributed by atoms with Gasteiger partial charge in [-0.15, -0.1) is 11.3 Å². The lowest BCUT2D eigenvalue weighted by Crippen LogP contribution is -2.63. The number of carbonyl (C=O) groups is 1. The quantitative estimate of drug-likeness (QED) is 0.656. The second-order valence-corrected chi connectivity index (χ2v) is 3.76. The van der Waals surface area contributed by atoms with Crippen molar-refractivity contribution in [1.29, 1.82) is 0 Å². The first kappa shape index (κ1) is 9.22. The Hall–Kier alpha value is -0.870. The molecule has 0 amide bonds. The minimum Gasteiger partial charge on any atom is -0.550 e. The molecule has 0 fully saturated rings. The maximum absolute atomic E-state index is 10.2. The van der Waals surface area contributed by atoms with Gasteiger partial charge in [0.2, 0.25) is 0 Å². The Kier molecular flexibility index (Phi) is 3.25. The van der Waals surface area contributed by atoms with Crippen molar-refractivity contribution in [3.63, 3.8) is 0 Å². The van der Waals surface area contributed by atoms with Crippen LogP contribution in [0.25, 0.3) is 0 Å². The summed E-state index contributed by atoms with van der Waals surface area (Å²) >= 11 is 1.62. The molecule has 0 unspecified atom stereocenters. The third-order valence-corrected chi connectivity index (χ3v) is 2.42. The lowest BCUT2D eigenvalue weighted by molar-refractivity contribution is -0.423. The minimum absolute atomic E-state index is 0.0396. The molecule has 0 bridgehead atoms. The molecule has 4 heteroatoms. The number of rotatable bonds is 4. The predicted octanol–water partition coefficient (Wildman–Crippen LogP) is -0.959. The average Bonchev–Trinajstić information content (AvgIpc) is 2.37. The van der Waals surface area contributed by atoms with Gasteiger partial charge in [0.05, 0.1) is 6.04 Å². The zero-order valence-corrected chi connectivity index (χ0v) is 7.47. The molecule has 3 N–H and O–H groups in total. The Morgan fingerprint density at radius 3 is 3.00 bits per heavy atom. The highest BCUT2D eigenvalue weighted by molar-refractivity contribution is 7.09. The van der Waals surface area contributed by atoms with Gasteiger partial charge < -0.3 is 15.6 Å². The zero-order chi connectivity index (χ0) is 8.97. The lowest BCUT2D eigenvalue weighted by Gasteiger charge is -2.06. The van der Waals surface area contributed by atoms with E-state index in [0.717, 1.165) is 6.42 Å². The molecule has 0 aliphatic rings. The van der Waals surface area contributed by atoms with Crippen molar-refractivity contribution >= 4 is 17.3 Å². The fourth-order valence-electron chi connectivity index (χ4n) is 1.02. The van der Waals surface area contributed by atoms with Crippen molar-refractivity contribution in [3.05, 3.63) is 22.4 Å². The zero-order valence-electron chi connectivity index (χ0n) is 6.66. The standard InChI is InChI=1S/C8H11NO2S/c9-6(5-8(10)11)4-7-2-1-3-12-7/h1-3,6H,4-5,9H2,(H,10,11)/t6-/m0/s1. The molecule has 66 valence electrons. The second-order valence-electron chi connectivity index (χ2n) is 2.73. The number of carboxylic acid groups (broad SMARTS) is 1. The molecule has 3 nitrogen and oxygen atoms in total. The third kappa shape index (κ3) is 3.02. The fourth-order valence-corrected chi connectivity index (χ4v) is 1.84. The smallest absolute Gasteiger partial charge is 0.0945 e. The van der Waals surface area contributed by atoms with Gasteiger partial charge in [-0.2, -0.15) is 0 Å². The van der Waals surface area contributed by atoms with Gasteiger partial charge in [-0.25, -0.2) is 0 Å². The van der Waals surface area contributed by atoms with E-state index in [2.05, 4.69) is 5.73 Å². The summed E-state index contributed by atoms with van der Waals surface area (Å²) in [6.07, 6.45) is 0.767. The van der Waals surface area contributed by atoms with Crippen LogP contribution >= 0.6 is 11.3 Å². The first-order valence-electron chi connectivity index (χ1n) is 3.74. The maximum atomic E-state index is 10.2. The van der Waals surface area contributed by atoms with Crippen LogP contribution in [0.3, 0.4) is 0 Å². The maximum Gasteiger partial charge on any atom is 0.0945 e. The summed E-state index contributed by atoms with van der Waals surface area (Å²) in [5.74, 6) is -1.02. The highest BCUT2D eigenvalue weighted by Gasteiger charge is 2.07. The molecular weight excluding hydrogens is 174 g/mol. The summed E-state index contributed by atoms with van der Waals surface area (Å²) < 4.78 is 0. The molecule has 1 aromatic rings. The molecule has 12 heavy (non-hydrogen) atoms. The van der Waals surface area contributed by atoms with Gasteiger partial charge in [-0.05, 0) is 11.4 Å². The molecule has 0 spiro atoms. The summed E-state index contributed by atoms with van der Waals surface area (Å²) in [7, 11) is 0. The topological polar surface area (TPSA) is 67.8 Å². The summed E-state index contributed by atoms with van der Waals surface area (Å²) in [5, 5.41) is 12.2. The molecule has 0 aliphatic carbocycles. The number of hydrogen-bond donors (Lipinski definition) is 1. The molecule has 1 aromatic heterocycles. The molecule has 0 aliphatic heterocycles. The van der Waals surface area contributed by atoms with Crippen LogP contribution in [0.2, 0.25) is 0 Å². The predicted molar refractivity (Wildman–Crippen MR) is 44.3 cm³/mol. The van der Waals surface area contributed by atoms with Crippen LogP contribution in [-0.2, 0) is 11.2 Å². The highest BCUT2D eigenvalue weighted by atomic mass is 32.1. The van der Waals surface area contributed by atoms with Gasteiger partial charge in [-0.1, -0.05) is 6.07 Å². The van der Waals surface area contributed by atoms with E-state index in [9.17, 15) is 9.90 Å². The molecule has 1 atom stereocenters. The van der Waals surface area contributed by atoms with Gasteiger partial charge in [0, 0.05) is 23.7 Å². The molecule has 0 saturated heterocycles. The first-order valence-corrected chi connectivity index (χ1v) is 4.61. The van der Waals surface area contributed by atoms with Crippen molar-refractivity contribution in [3.8, 4) is 0 Å². The summed E-state index contributed by atoms with van der Waals surface area (Å²) in [6, 6.07) is 3.86. The largest absolute Gasteiger partial charge is 0.550 e. The van der Waals surface area contributed by atoms with E-state index in [1.54, 1.807) is 11.3 Å². The Bertz CT molecular complexity index is 246. The van der Waals surface area contributed by atoms with Crippen molar-refractivity contribution in [1.82, 2.24) is 0 Å². The average molecular weight is 185 g/mol. The van der Waals surface area contributed by atoms with Crippen LogP contribution in [0.15, 0.2) is 17.5 Å². The van der Waals surface area contributed by atoms with Crippen molar-refractivity contribution in [2.24, 2.45) is 0 Å². The number of thiophene rings is 1. The lowest BCUT2D eigenvalue weighted by atomic mass is 10.1. The van der Waals surface area contributed by atoms with E-state index >= 15 is 0 Å². The Morgan fingerprint density at radius 2 is 2.50 bits per heavy atom. The van der Waals surface area contributed by atoms with Crippen LogP contribution in [-0.4, -0.2) is 12.0 Å². The number of quaternary nitrogens is 1. The van der Waals surface area contributed by atoms with E-state index in [-0.39, 0.29) is 12.5 Å². The molecule has 0 saturated carbocycles. The van der Waals surface area contributed by atoms with E-state index in [1.165, 1.54) is 4.88 Å². The monoisotopic (exact) mass is 185 g/mol. The van der Waals surface area contributed by atoms with Crippen molar-refractivity contribution < 1.29 is 15.6 Å². The van der Waals surface area contributed by atoms with Crippen LogP contribution in [0.1, 0.15) is 11.3 Å². The first-order chi connectivity index (χ1) is 5.68. The van der Waals surface area contributed by atoms with Crippen LogP contribution in [0.4, 0.5) is 0 Å². The normalized spacial score (nSPS) is 12.8. The van der Waals surface area contributed by atoms with Crippen LogP contribution in [0.5, 0.6) is 0 Å². The van der Waals surface area contributed by atoms with Crippen molar-refractivity contribution in [2.45, 2.75) is 18.9 Å². The number of hydrogen-bond acceptors (Lipinski definition) is 3. The van der Waals surface area contributed by atoms with Gasteiger partial charge in [0.15, 0.2) is 0 Å². The molecular formula is C8H11NO2S. The van der Waals surface area contributed by atoms with Gasteiger partial charge in [-0.3, -0.25) is 0 Å². The Morgan fingerprint density at radius 1 is 1.75 bits per heavy atom. The summed E-state index contributed by atoms with van der Waals surface area (Å²) in [6.45, 7) is 0. The highest BCUT2D eigenvalue weighted by Crippen LogP contribution is 2.10. The summed E-state index contributed by atoms with van der Waals surface area (Å²) in [5.41, 5.74) is 3.74. The third-order valence-electron chi connectivity index (χ3n) is 1.53. The number of aliphatic carboxylic acids is 1. The Balaban J connectivity index is 2.36. The van der Waals surface area contributed by atoms with Gasteiger partial charge >= 0.3 is 0 Å². The fraction of sp³-hybridized carbons (Fsp3) is 0.375. The second kappa shape index (κ2) is 4.23. The number of carboxylic acids is 1. The molecule has 1 rings (SSSR count).